The van der Waals surface area contributed by atoms with Gasteiger partial charge in [0.15, 0.2) is 0 Å². The van der Waals surface area contributed by atoms with E-state index in [-0.39, 0.29) is 6.61 Å². The second-order valence-corrected chi connectivity index (χ2v) is 7.82. The standard InChI is InChI=1S/C25H21BrN4O4/c1-33-23-9-5-4-8-21(23)29-24(31)13-25(32)30-28-15-17-10-11-22(20(26)12-17)34-16-19-7-3-2-6-18(19)14-27/h2-12,15H,13,16H2,1H3,(H,29,31)(H,30,32). The minimum Gasteiger partial charge on any atom is -0.495 e. The molecule has 0 aliphatic heterocycles. The Hall–Kier alpha value is -4.16. The molecule has 0 bridgehead atoms. The third-order valence-electron chi connectivity index (χ3n) is 4.58. The molecule has 0 heterocycles. The van der Waals surface area contributed by atoms with Crippen molar-refractivity contribution in [3.63, 3.8) is 0 Å². The Bertz CT molecular complexity index is 1250. The molecule has 0 saturated heterocycles. The molecule has 2 N–H and O–H groups in total. The predicted molar refractivity (Wildman–Crippen MR) is 132 cm³/mol. The van der Waals surface area contributed by atoms with Crippen LogP contribution in [-0.4, -0.2) is 25.1 Å². The van der Waals surface area contributed by atoms with Crippen LogP contribution < -0.4 is 20.2 Å². The van der Waals surface area contributed by atoms with E-state index in [4.69, 9.17) is 9.47 Å². The highest BCUT2D eigenvalue weighted by Crippen LogP contribution is 2.27. The van der Waals surface area contributed by atoms with Crippen molar-refractivity contribution in [3.05, 3.63) is 87.9 Å². The first-order chi connectivity index (χ1) is 16.5. The number of anilines is 1. The molecule has 0 saturated carbocycles. The highest BCUT2D eigenvalue weighted by atomic mass is 79.9. The fourth-order valence-corrected chi connectivity index (χ4v) is 3.44. The fraction of sp³-hybridized carbons (Fsp3) is 0.120. The average molecular weight is 521 g/mol. The number of carbonyl (C=O) groups excluding carboxylic acids is 2. The van der Waals surface area contributed by atoms with Crippen LogP contribution in [0.5, 0.6) is 11.5 Å². The Morgan fingerprint density at radius 1 is 1.06 bits per heavy atom. The summed E-state index contributed by atoms with van der Waals surface area (Å²) in [6, 6.07) is 21.6. The number of nitriles is 1. The van der Waals surface area contributed by atoms with Crippen LogP contribution >= 0.6 is 15.9 Å². The van der Waals surface area contributed by atoms with Gasteiger partial charge in [0, 0.05) is 5.56 Å². The van der Waals surface area contributed by atoms with E-state index in [0.29, 0.717) is 32.8 Å². The van der Waals surface area contributed by atoms with Crippen LogP contribution in [0.1, 0.15) is 23.1 Å². The number of amides is 2. The van der Waals surface area contributed by atoms with Crippen LogP contribution in [0.2, 0.25) is 0 Å². The number of benzene rings is 3. The molecule has 172 valence electrons. The van der Waals surface area contributed by atoms with Gasteiger partial charge in [-0.25, -0.2) is 5.43 Å². The van der Waals surface area contributed by atoms with Crippen LogP contribution in [-0.2, 0) is 16.2 Å². The number of rotatable bonds is 9. The zero-order chi connectivity index (χ0) is 24.3. The lowest BCUT2D eigenvalue weighted by Gasteiger charge is -2.10. The number of hydrogen-bond donors (Lipinski definition) is 2. The minimum atomic E-state index is -0.557. The number of nitrogens with zero attached hydrogens (tertiary/aromatic N) is 2. The molecule has 2 amide bonds. The largest absolute Gasteiger partial charge is 0.495 e. The van der Waals surface area contributed by atoms with Gasteiger partial charge >= 0.3 is 0 Å². The van der Waals surface area contributed by atoms with E-state index in [1.165, 1.54) is 13.3 Å². The zero-order valence-electron chi connectivity index (χ0n) is 18.2. The van der Waals surface area contributed by atoms with Crippen molar-refractivity contribution in [3.8, 4) is 17.6 Å². The summed E-state index contributed by atoms with van der Waals surface area (Å²) >= 11 is 3.45. The summed E-state index contributed by atoms with van der Waals surface area (Å²) < 4.78 is 11.7. The first-order valence-electron chi connectivity index (χ1n) is 10.1. The van der Waals surface area contributed by atoms with Gasteiger partial charge in [0.1, 0.15) is 24.5 Å². The lowest BCUT2D eigenvalue weighted by atomic mass is 10.1. The molecule has 0 unspecified atom stereocenters. The van der Waals surface area contributed by atoms with E-state index in [0.717, 1.165) is 5.56 Å². The Balaban J connectivity index is 1.50. The van der Waals surface area contributed by atoms with E-state index < -0.39 is 18.2 Å². The second kappa shape index (κ2) is 12.2. The highest BCUT2D eigenvalue weighted by molar-refractivity contribution is 9.10. The van der Waals surface area contributed by atoms with Crippen molar-refractivity contribution < 1.29 is 19.1 Å². The molecule has 3 aromatic carbocycles. The molecular weight excluding hydrogens is 500 g/mol. The van der Waals surface area contributed by atoms with Crippen LogP contribution in [0.3, 0.4) is 0 Å². The number of carbonyl (C=O) groups is 2. The molecule has 0 aliphatic carbocycles. The number of para-hydroxylation sites is 2. The maximum Gasteiger partial charge on any atom is 0.249 e. The number of halogens is 1. The normalized spacial score (nSPS) is 10.4. The maximum atomic E-state index is 12.1. The molecule has 0 spiro atoms. The van der Waals surface area contributed by atoms with Gasteiger partial charge in [-0.15, -0.1) is 0 Å². The lowest BCUT2D eigenvalue weighted by Crippen LogP contribution is -2.24. The molecular formula is C25H21BrN4O4. The van der Waals surface area contributed by atoms with Crippen molar-refractivity contribution in [2.45, 2.75) is 13.0 Å². The van der Waals surface area contributed by atoms with E-state index in [9.17, 15) is 14.9 Å². The quantitative estimate of drug-likeness (QED) is 0.247. The van der Waals surface area contributed by atoms with E-state index in [1.807, 2.05) is 12.1 Å². The Labute approximate surface area is 205 Å². The van der Waals surface area contributed by atoms with Gasteiger partial charge in [-0.05, 0) is 57.9 Å². The number of methoxy groups -OCH3 is 1. The minimum absolute atomic E-state index is 0.253. The highest BCUT2D eigenvalue weighted by Gasteiger charge is 2.11. The predicted octanol–water partition coefficient (Wildman–Crippen LogP) is 4.39. The molecule has 0 aliphatic rings. The SMILES string of the molecule is COc1ccccc1NC(=O)CC(=O)NN=Cc1ccc(OCc2ccccc2C#N)c(Br)c1. The van der Waals surface area contributed by atoms with Crippen LogP contribution in [0.4, 0.5) is 5.69 Å². The Morgan fingerprint density at radius 2 is 1.82 bits per heavy atom. The maximum absolute atomic E-state index is 12.1. The number of hydrazone groups is 1. The third-order valence-corrected chi connectivity index (χ3v) is 5.20. The lowest BCUT2D eigenvalue weighted by molar-refractivity contribution is -0.126. The summed E-state index contributed by atoms with van der Waals surface area (Å²) in [5, 5.41) is 15.7. The van der Waals surface area contributed by atoms with Crippen molar-refractivity contribution in [1.29, 1.82) is 5.26 Å². The summed E-state index contributed by atoms with van der Waals surface area (Å²) in [7, 11) is 1.50. The topological polar surface area (TPSA) is 113 Å². The summed E-state index contributed by atoms with van der Waals surface area (Å²) in [6.07, 6.45) is 1.06. The molecule has 9 heteroatoms. The Morgan fingerprint density at radius 3 is 2.59 bits per heavy atom. The summed E-state index contributed by atoms with van der Waals surface area (Å²) in [5.74, 6) is 0.0572. The summed E-state index contributed by atoms with van der Waals surface area (Å²) in [6.45, 7) is 0.253. The van der Waals surface area contributed by atoms with Crippen molar-refractivity contribution in [2.24, 2.45) is 5.10 Å². The molecule has 0 aromatic heterocycles. The van der Waals surface area contributed by atoms with Gasteiger partial charge in [-0.3, -0.25) is 9.59 Å². The van der Waals surface area contributed by atoms with E-state index in [1.54, 1.807) is 54.6 Å². The first kappa shape index (κ1) is 24.5. The van der Waals surface area contributed by atoms with Crippen LogP contribution in [0.15, 0.2) is 76.3 Å². The molecule has 0 fully saturated rings. The van der Waals surface area contributed by atoms with Gasteiger partial charge in [-0.1, -0.05) is 30.3 Å². The monoisotopic (exact) mass is 520 g/mol. The van der Waals surface area contributed by atoms with Crippen molar-refractivity contribution in [1.82, 2.24) is 5.43 Å². The van der Waals surface area contributed by atoms with Gasteiger partial charge in [0.05, 0.1) is 35.1 Å². The third kappa shape index (κ3) is 6.92. The van der Waals surface area contributed by atoms with Gasteiger partial charge in [0.25, 0.3) is 0 Å². The summed E-state index contributed by atoms with van der Waals surface area (Å²) in [4.78, 5) is 24.1. The second-order valence-electron chi connectivity index (χ2n) is 6.97. The molecule has 8 nitrogen and oxygen atoms in total. The molecule has 3 aromatic rings. The molecule has 34 heavy (non-hydrogen) atoms. The van der Waals surface area contributed by atoms with Gasteiger partial charge in [0.2, 0.25) is 11.8 Å². The van der Waals surface area contributed by atoms with Crippen molar-refractivity contribution in [2.75, 3.05) is 12.4 Å². The fourth-order valence-electron chi connectivity index (χ4n) is 2.93. The van der Waals surface area contributed by atoms with E-state index in [2.05, 4.69) is 37.8 Å². The molecule has 3 rings (SSSR count). The first-order valence-corrected chi connectivity index (χ1v) is 10.9. The molecule has 0 radical (unpaired) electrons. The van der Waals surface area contributed by atoms with Gasteiger partial charge in [-0.2, -0.15) is 10.4 Å². The number of nitrogens with one attached hydrogen (secondary N) is 2. The zero-order valence-corrected chi connectivity index (χ0v) is 19.8. The van der Waals surface area contributed by atoms with Crippen molar-refractivity contribution >= 4 is 39.6 Å². The van der Waals surface area contributed by atoms with E-state index >= 15 is 0 Å². The van der Waals surface area contributed by atoms with Crippen LogP contribution in [0, 0.1) is 11.3 Å². The van der Waals surface area contributed by atoms with Crippen LogP contribution in [0.25, 0.3) is 0 Å². The van der Waals surface area contributed by atoms with Gasteiger partial charge < -0.3 is 14.8 Å². The number of ether oxygens (including phenoxy) is 2. The molecule has 0 atom stereocenters. The smallest absolute Gasteiger partial charge is 0.249 e. The Kier molecular flexibility index (Phi) is 8.77. The number of hydrogen-bond acceptors (Lipinski definition) is 6. The average Bonchev–Trinajstić information content (AvgIpc) is 2.84. The summed E-state index contributed by atoms with van der Waals surface area (Å²) in [5.41, 5.74) is 4.87.